The zero-order valence-electron chi connectivity index (χ0n) is 11.7. The predicted molar refractivity (Wildman–Crippen MR) is 79.1 cm³/mol. The number of nitrogens with zero attached hydrogens (tertiary/aromatic N) is 1. The monoisotopic (exact) mass is 296 g/mol. The van der Waals surface area contributed by atoms with Crippen LogP contribution >= 0.6 is 0 Å². The largest absolute Gasteiger partial charge is 0.497 e. The van der Waals surface area contributed by atoms with Gasteiger partial charge in [0.25, 0.3) is 0 Å². The van der Waals surface area contributed by atoms with E-state index in [2.05, 4.69) is 5.32 Å². The minimum atomic E-state index is -3.39. The SMILES string of the molecule is CN(C)S(=O)(=O)c1cccc(NCC2CCC=CO2)c1. The zero-order chi connectivity index (χ0) is 14.6. The van der Waals surface area contributed by atoms with E-state index in [-0.39, 0.29) is 11.0 Å². The lowest BCUT2D eigenvalue weighted by Crippen LogP contribution is -2.24. The van der Waals surface area contributed by atoms with Crippen LogP contribution in [0, 0.1) is 0 Å². The number of anilines is 1. The molecule has 0 amide bonds. The van der Waals surface area contributed by atoms with Crippen molar-refractivity contribution in [2.24, 2.45) is 0 Å². The van der Waals surface area contributed by atoms with Crippen LogP contribution in [-0.4, -0.2) is 39.5 Å². The first-order valence-electron chi connectivity index (χ1n) is 6.57. The van der Waals surface area contributed by atoms with Crippen LogP contribution < -0.4 is 5.32 Å². The first-order valence-corrected chi connectivity index (χ1v) is 8.01. The highest BCUT2D eigenvalue weighted by atomic mass is 32.2. The number of hydrogen-bond donors (Lipinski definition) is 1. The van der Waals surface area contributed by atoms with Gasteiger partial charge in [0.05, 0.1) is 17.7 Å². The molecule has 1 aromatic rings. The van der Waals surface area contributed by atoms with Crippen LogP contribution in [-0.2, 0) is 14.8 Å². The van der Waals surface area contributed by atoms with Gasteiger partial charge < -0.3 is 10.1 Å². The lowest BCUT2D eigenvalue weighted by molar-refractivity contribution is 0.135. The maximum atomic E-state index is 12.1. The van der Waals surface area contributed by atoms with Crippen molar-refractivity contribution in [1.29, 1.82) is 0 Å². The molecule has 0 aliphatic carbocycles. The lowest BCUT2D eigenvalue weighted by Gasteiger charge is -2.20. The first-order chi connectivity index (χ1) is 9.50. The summed E-state index contributed by atoms with van der Waals surface area (Å²) in [7, 11) is -0.341. The molecule has 0 saturated heterocycles. The highest BCUT2D eigenvalue weighted by Gasteiger charge is 2.17. The third-order valence-electron chi connectivity index (χ3n) is 3.17. The van der Waals surface area contributed by atoms with E-state index in [1.807, 2.05) is 12.1 Å². The summed E-state index contributed by atoms with van der Waals surface area (Å²) < 4.78 is 30.8. The summed E-state index contributed by atoms with van der Waals surface area (Å²) in [5.41, 5.74) is 0.783. The average Bonchev–Trinajstić information content (AvgIpc) is 2.46. The van der Waals surface area contributed by atoms with Crippen LogP contribution in [0.15, 0.2) is 41.5 Å². The molecule has 1 unspecified atom stereocenters. The molecule has 2 rings (SSSR count). The number of allylic oxidation sites excluding steroid dienone is 1. The van der Waals surface area contributed by atoms with E-state index in [1.165, 1.54) is 18.4 Å². The minimum absolute atomic E-state index is 0.133. The Labute approximate surface area is 120 Å². The Kier molecular flexibility index (Phi) is 4.67. The molecule has 0 saturated carbocycles. The number of rotatable bonds is 5. The van der Waals surface area contributed by atoms with E-state index < -0.39 is 10.0 Å². The molecule has 0 fully saturated rings. The van der Waals surface area contributed by atoms with Crippen LogP contribution in [0.3, 0.4) is 0 Å². The Hall–Kier alpha value is -1.53. The van der Waals surface area contributed by atoms with Gasteiger partial charge in [0.2, 0.25) is 10.0 Å². The van der Waals surface area contributed by atoms with E-state index in [4.69, 9.17) is 4.74 Å². The molecule has 5 nitrogen and oxygen atoms in total. The molecule has 1 heterocycles. The predicted octanol–water partition coefficient (Wildman–Crippen LogP) is 2.04. The van der Waals surface area contributed by atoms with Gasteiger partial charge in [0.1, 0.15) is 6.10 Å². The lowest BCUT2D eigenvalue weighted by atomic mass is 10.1. The molecular weight excluding hydrogens is 276 g/mol. The van der Waals surface area contributed by atoms with Gasteiger partial charge in [-0.05, 0) is 37.1 Å². The van der Waals surface area contributed by atoms with Gasteiger partial charge in [-0.3, -0.25) is 0 Å². The Morgan fingerprint density at radius 3 is 2.85 bits per heavy atom. The molecule has 0 radical (unpaired) electrons. The molecule has 1 aliphatic rings. The topological polar surface area (TPSA) is 58.6 Å². The van der Waals surface area contributed by atoms with Crippen LogP contribution in [0.2, 0.25) is 0 Å². The number of benzene rings is 1. The maximum Gasteiger partial charge on any atom is 0.242 e. The van der Waals surface area contributed by atoms with Crippen molar-refractivity contribution in [3.05, 3.63) is 36.6 Å². The van der Waals surface area contributed by atoms with Crippen molar-refractivity contribution < 1.29 is 13.2 Å². The normalized spacial score (nSPS) is 18.9. The zero-order valence-corrected chi connectivity index (χ0v) is 12.6. The second-order valence-corrected chi connectivity index (χ2v) is 7.06. The Morgan fingerprint density at radius 2 is 2.20 bits per heavy atom. The van der Waals surface area contributed by atoms with Crippen LogP contribution in [0.25, 0.3) is 0 Å². The van der Waals surface area contributed by atoms with E-state index in [0.29, 0.717) is 6.54 Å². The molecule has 1 aliphatic heterocycles. The number of hydrogen-bond acceptors (Lipinski definition) is 4. The van der Waals surface area contributed by atoms with Gasteiger partial charge in [-0.2, -0.15) is 0 Å². The van der Waals surface area contributed by atoms with Gasteiger partial charge in [-0.25, -0.2) is 12.7 Å². The molecule has 110 valence electrons. The number of nitrogens with one attached hydrogen (secondary N) is 1. The Bertz CT molecular complexity index is 582. The van der Waals surface area contributed by atoms with E-state index in [9.17, 15) is 8.42 Å². The van der Waals surface area contributed by atoms with E-state index in [0.717, 1.165) is 18.5 Å². The van der Waals surface area contributed by atoms with Crippen molar-refractivity contribution in [3.63, 3.8) is 0 Å². The molecule has 0 bridgehead atoms. The maximum absolute atomic E-state index is 12.1. The van der Waals surface area contributed by atoms with Crippen molar-refractivity contribution in [2.75, 3.05) is 26.0 Å². The van der Waals surface area contributed by atoms with Gasteiger partial charge in [0, 0.05) is 19.8 Å². The van der Waals surface area contributed by atoms with Crippen LogP contribution in [0.1, 0.15) is 12.8 Å². The summed E-state index contributed by atoms with van der Waals surface area (Å²) in [5, 5.41) is 3.22. The van der Waals surface area contributed by atoms with Crippen molar-refractivity contribution in [1.82, 2.24) is 4.31 Å². The van der Waals surface area contributed by atoms with Gasteiger partial charge in [-0.15, -0.1) is 0 Å². The summed E-state index contributed by atoms with van der Waals surface area (Å²) in [6.45, 7) is 0.663. The third kappa shape index (κ3) is 3.52. The summed E-state index contributed by atoms with van der Waals surface area (Å²) in [5.74, 6) is 0. The molecule has 0 spiro atoms. The van der Waals surface area contributed by atoms with Crippen molar-refractivity contribution in [3.8, 4) is 0 Å². The summed E-state index contributed by atoms with van der Waals surface area (Å²) in [6.07, 6.45) is 5.85. The fraction of sp³-hybridized carbons (Fsp3) is 0.429. The van der Waals surface area contributed by atoms with Crippen LogP contribution in [0.5, 0.6) is 0 Å². The van der Waals surface area contributed by atoms with Crippen molar-refractivity contribution in [2.45, 2.75) is 23.8 Å². The fourth-order valence-corrected chi connectivity index (χ4v) is 2.89. The van der Waals surface area contributed by atoms with Gasteiger partial charge >= 0.3 is 0 Å². The highest BCUT2D eigenvalue weighted by molar-refractivity contribution is 7.89. The van der Waals surface area contributed by atoms with E-state index in [1.54, 1.807) is 24.5 Å². The van der Waals surface area contributed by atoms with E-state index >= 15 is 0 Å². The molecule has 1 aromatic carbocycles. The standard InChI is InChI=1S/C14H20N2O3S/c1-16(2)20(17,18)14-8-5-6-12(10-14)15-11-13-7-3-4-9-19-13/h4-6,8-10,13,15H,3,7,11H2,1-2H3. The molecule has 6 heteroatoms. The summed E-state index contributed by atoms with van der Waals surface area (Å²) in [4.78, 5) is 0.289. The second kappa shape index (κ2) is 6.28. The quantitative estimate of drug-likeness (QED) is 0.903. The average molecular weight is 296 g/mol. The van der Waals surface area contributed by atoms with Gasteiger partial charge in [0.15, 0.2) is 0 Å². The third-order valence-corrected chi connectivity index (χ3v) is 4.98. The number of sulfonamides is 1. The minimum Gasteiger partial charge on any atom is -0.497 e. The van der Waals surface area contributed by atoms with Gasteiger partial charge in [-0.1, -0.05) is 6.07 Å². The second-order valence-electron chi connectivity index (χ2n) is 4.90. The molecule has 1 N–H and O–H groups in total. The molecule has 1 atom stereocenters. The summed E-state index contributed by atoms with van der Waals surface area (Å²) >= 11 is 0. The first kappa shape index (κ1) is 14.9. The smallest absolute Gasteiger partial charge is 0.242 e. The van der Waals surface area contributed by atoms with Crippen LogP contribution in [0.4, 0.5) is 5.69 Å². The number of ether oxygens (including phenoxy) is 1. The Balaban J connectivity index is 2.05. The molecule has 0 aromatic heterocycles. The Morgan fingerprint density at radius 1 is 1.40 bits per heavy atom. The molecular formula is C14H20N2O3S. The fourth-order valence-electron chi connectivity index (χ4n) is 1.94. The molecule has 20 heavy (non-hydrogen) atoms. The highest BCUT2D eigenvalue weighted by Crippen LogP contribution is 2.19. The van der Waals surface area contributed by atoms with Crippen molar-refractivity contribution >= 4 is 15.7 Å². The summed E-state index contributed by atoms with van der Waals surface area (Å²) in [6, 6.07) is 6.84.